The van der Waals surface area contributed by atoms with E-state index in [9.17, 15) is 9.59 Å². The molecule has 6 nitrogen and oxygen atoms in total. The smallest absolute Gasteiger partial charge is 0.306 e. The van der Waals surface area contributed by atoms with Crippen LogP contribution in [-0.4, -0.2) is 35.0 Å². The summed E-state index contributed by atoms with van der Waals surface area (Å²) in [6.45, 7) is 2.51. The summed E-state index contributed by atoms with van der Waals surface area (Å²) in [4.78, 5) is 29.2. The number of carbonyl (C=O) groups excluding carboxylic acids is 1. The highest BCUT2D eigenvalue weighted by atomic mass is 32.2. The molecule has 3 aromatic rings. The summed E-state index contributed by atoms with van der Waals surface area (Å²) in [5.74, 6) is 2.25. The molecule has 0 radical (unpaired) electrons. The Bertz CT molecular complexity index is 1020. The third kappa shape index (κ3) is 4.54. The van der Waals surface area contributed by atoms with Crippen LogP contribution >= 0.6 is 11.8 Å². The van der Waals surface area contributed by atoms with Crippen molar-refractivity contribution < 1.29 is 14.3 Å². The summed E-state index contributed by atoms with van der Waals surface area (Å²) in [6.07, 6.45) is 0.321. The van der Waals surface area contributed by atoms with Crippen LogP contribution in [0.25, 0.3) is 16.6 Å². The number of methoxy groups -OCH3 is 1. The van der Waals surface area contributed by atoms with Crippen LogP contribution in [0, 0.1) is 0 Å². The Morgan fingerprint density at radius 2 is 1.89 bits per heavy atom. The van der Waals surface area contributed by atoms with Crippen molar-refractivity contribution in [1.82, 2.24) is 9.55 Å². The van der Waals surface area contributed by atoms with Gasteiger partial charge in [-0.15, -0.1) is 0 Å². The second-order valence-corrected chi connectivity index (χ2v) is 7.10. The van der Waals surface area contributed by atoms with E-state index in [4.69, 9.17) is 9.72 Å². The SMILES string of the molecule is CCOc1ccc(-n2c(CSCCC(=O)OC)nc3ccccc3c2=O)cc1. The van der Waals surface area contributed by atoms with Crippen molar-refractivity contribution in [2.24, 2.45) is 0 Å². The number of thioether (sulfide) groups is 1. The van der Waals surface area contributed by atoms with E-state index < -0.39 is 0 Å². The van der Waals surface area contributed by atoms with Gasteiger partial charge in [-0.05, 0) is 43.3 Å². The number of nitrogens with zero attached hydrogens (tertiary/aromatic N) is 2. The fraction of sp³-hybridized carbons (Fsp3) is 0.286. The van der Waals surface area contributed by atoms with Crippen LogP contribution in [0.4, 0.5) is 0 Å². The van der Waals surface area contributed by atoms with Gasteiger partial charge >= 0.3 is 5.97 Å². The van der Waals surface area contributed by atoms with Crippen LogP contribution in [0.15, 0.2) is 53.3 Å². The predicted octanol–water partition coefficient (Wildman–Crippen LogP) is 3.58. The van der Waals surface area contributed by atoms with Gasteiger partial charge in [-0.1, -0.05) is 12.1 Å². The van der Waals surface area contributed by atoms with Crippen LogP contribution in [-0.2, 0) is 15.3 Å². The zero-order valence-corrected chi connectivity index (χ0v) is 16.7. The molecule has 0 N–H and O–H groups in total. The quantitative estimate of drug-likeness (QED) is 0.427. The molecule has 7 heteroatoms. The molecule has 0 amide bonds. The van der Waals surface area contributed by atoms with Gasteiger partial charge in [-0.25, -0.2) is 4.98 Å². The van der Waals surface area contributed by atoms with Crippen molar-refractivity contribution in [1.29, 1.82) is 0 Å². The fourth-order valence-electron chi connectivity index (χ4n) is 2.82. The van der Waals surface area contributed by atoms with Crippen LogP contribution in [0.1, 0.15) is 19.2 Å². The van der Waals surface area contributed by atoms with Gasteiger partial charge in [0.2, 0.25) is 0 Å². The highest BCUT2D eigenvalue weighted by Crippen LogP contribution is 2.20. The zero-order valence-electron chi connectivity index (χ0n) is 15.9. The minimum absolute atomic E-state index is 0.113. The van der Waals surface area contributed by atoms with E-state index in [1.165, 1.54) is 18.9 Å². The molecular weight excluding hydrogens is 376 g/mol. The van der Waals surface area contributed by atoms with Gasteiger partial charge in [0.05, 0.1) is 42.5 Å². The standard InChI is InChI=1S/C21H22N2O4S/c1-3-27-16-10-8-15(9-11-16)23-19(14-28-13-12-20(24)26-2)22-18-7-5-4-6-17(18)21(23)25/h4-11H,3,12-14H2,1-2H3. The molecule has 1 heterocycles. The first-order chi connectivity index (χ1) is 13.6. The fourth-order valence-corrected chi connectivity index (χ4v) is 3.65. The Morgan fingerprint density at radius 3 is 2.61 bits per heavy atom. The first-order valence-corrected chi connectivity index (χ1v) is 10.2. The number of fused-ring (bicyclic) bond motifs is 1. The molecule has 1 aromatic heterocycles. The molecule has 0 saturated heterocycles. The maximum atomic E-state index is 13.2. The summed E-state index contributed by atoms with van der Waals surface area (Å²) >= 11 is 1.54. The van der Waals surface area contributed by atoms with Crippen molar-refractivity contribution in [3.8, 4) is 11.4 Å². The monoisotopic (exact) mass is 398 g/mol. The van der Waals surface area contributed by atoms with E-state index in [2.05, 4.69) is 4.74 Å². The number of hydrogen-bond acceptors (Lipinski definition) is 6. The van der Waals surface area contributed by atoms with Gasteiger partial charge < -0.3 is 9.47 Å². The van der Waals surface area contributed by atoms with E-state index in [1.807, 2.05) is 49.4 Å². The number of benzene rings is 2. The maximum absolute atomic E-state index is 13.2. The number of esters is 1. The molecule has 0 saturated carbocycles. The number of carbonyl (C=O) groups is 1. The van der Waals surface area contributed by atoms with E-state index in [1.54, 1.807) is 10.6 Å². The molecule has 0 aliphatic rings. The van der Waals surface area contributed by atoms with E-state index >= 15 is 0 Å². The lowest BCUT2D eigenvalue weighted by Gasteiger charge is -2.14. The summed E-state index contributed by atoms with van der Waals surface area (Å²) in [7, 11) is 1.38. The molecule has 0 spiro atoms. The molecule has 0 aliphatic carbocycles. The minimum Gasteiger partial charge on any atom is -0.494 e. The zero-order chi connectivity index (χ0) is 19.9. The minimum atomic E-state index is -0.247. The lowest BCUT2D eigenvalue weighted by molar-refractivity contribution is -0.140. The molecular formula is C21H22N2O4S. The van der Waals surface area contributed by atoms with E-state index in [-0.39, 0.29) is 11.5 Å². The van der Waals surface area contributed by atoms with E-state index in [0.717, 1.165) is 11.4 Å². The Balaban J connectivity index is 1.97. The predicted molar refractivity (Wildman–Crippen MR) is 111 cm³/mol. The molecule has 146 valence electrons. The average Bonchev–Trinajstić information content (AvgIpc) is 2.72. The van der Waals surface area contributed by atoms with Crippen molar-refractivity contribution in [3.05, 3.63) is 64.7 Å². The molecule has 0 unspecified atom stereocenters. The van der Waals surface area contributed by atoms with Crippen molar-refractivity contribution in [3.63, 3.8) is 0 Å². The molecule has 0 atom stereocenters. The number of para-hydroxylation sites is 1. The first kappa shape index (κ1) is 19.9. The summed E-state index contributed by atoms with van der Waals surface area (Å²) in [5, 5.41) is 0.569. The molecule has 28 heavy (non-hydrogen) atoms. The Morgan fingerprint density at radius 1 is 1.14 bits per heavy atom. The molecule has 3 rings (SSSR count). The highest BCUT2D eigenvalue weighted by molar-refractivity contribution is 7.98. The lowest BCUT2D eigenvalue weighted by Crippen LogP contribution is -2.23. The van der Waals surface area contributed by atoms with Gasteiger partial charge in [0.25, 0.3) is 5.56 Å². The summed E-state index contributed by atoms with van der Waals surface area (Å²) in [5.41, 5.74) is 1.28. The van der Waals surface area contributed by atoms with Gasteiger partial charge in [-0.3, -0.25) is 14.2 Å². The number of aromatic nitrogens is 2. The lowest BCUT2D eigenvalue weighted by atomic mass is 10.2. The average molecular weight is 398 g/mol. The molecule has 0 fully saturated rings. The Kier molecular flexibility index (Phi) is 6.71. The summed E-state index contributed by atoms with van der Waals surface area (Å²) in [6, 6.07) is 14.7. The topological polar surface area (TPSA) is 70.4 Å². The third-order valence-electron chi connectivity index (χ3n) is 4.16. The second-order valence-electron chi connectivity index (χ2n) is 5.99. The van der Waals surface area contributed by atoms with Gasteiger partial charge in [-0.2, -0.15) is 11.8 Å². The Labute approximate surface area is 167 Å². The van der Waals surface area contributed by atoms with Gasteiger partial charge in [0.15, 0.2) is 0 Å². The van der Waals surface area contributed by atoms with Crippen LogP contribution in [0.3, 0.4) is 0 Å². The largest absolute Gasteiger partial charge is 0.494 e. The second kappa shape index (κ2) is 9.41. The maximum Gasteiger partial charge on any atom is 0.306 e. The van der Waals surface area contributed by atoms with Crippen LogP contribution in [0.5, 0.6) is 5.75 Å². The van der Waals surface area contributed by atoms with Gasteiger partial charge in [0, 0.05) is 5.75 Å². The molecule has 0 aliphatic heterocycles. The third-order valence-corrected chi connectivity index (χ3v) is 5.12. The first-order valence-electron chi connectivity index (χ1n) is 9.02. The molecule has 0 bridgehead atoms. The van der Waals surface area contributed by atoms with Gasteiger partial charge in [0.1, 0.15) is 11.6 Å². The molecule has 2 aromatic carbocycles. The number of ether oxygens (including phenoxy) is 2. The Hall–Kier alpha value is -2.80. The normalized spacial score (nSPS) is 10.8. The van der Waals surface area contributed by atoms with Crippen molar-refractivity contribution in [2.75, 3.05) is 19.5 Å². The van der Waals surface area contributed by atoms with Crippen molar-refractivity contribution in [2.45, 2.75) is 19.1 Å². The number of rotatable bonds is 8. The van der Waals surface area contributed by atoms with Crippen LogP contribution in [0.2, 0.25) is 0 Å². The summed E-state index contributed by atoms with van der Waals surface area (Å²) < 4.78 is 11.8. The number of hydrogen-bond donors (Lipinski definition) is 0. The highest BCUT2D eigenvalue weighted by Gasteiger charge is 2.13. The van der Waals surface area contributed by atoms with E-state index in [0.29, 0.717) is 41.3 Å². The van der Waals surface area contributed by atoms with Crippen LogP contribution < -0.4 is 10.3 Å². The van der Waals surface area contributed by atoms with Crippen molar-refractivity contribution >= 4 is 28.6 Å².